The Labute approximate surface area is 130 Å². The van der Waals surface area contributed by atoms with Gasteiger partial charge in [-0.25, -0.2) is 4.98 Å². The average Bonchev–Trinajstić information content (AvgIpc) is 3.01. The van der Waals surface area contributed by atoms with Gasteiger partial charge in [-0.05, 0) is 40.6 Å². The summed E-state index contributed by atoms with van der Waals surface area (Å²) in [6.45, 7) is 2.94. The van der Waals surface area contributed by atoms with Crippen LogP contribution in [0.15, 0.2) is 24.5 Å². The fraction of sp³-hybridized carbons (Fsp3) is 0.200. The van der Waals surface area contributed by atoms with Gasteiger partial charge in [0.05, 0.1) is 6.20 Å². The SMILES string of the molecule is Cc1c(-c2ccc3c(I)cnc4c3c2CN4)cnn1C. The summed E-state index contributed by atoms with van der Waals surface area (Å²) in [6, 6.07) is 4.40. The third-order valence-electron chi connectivity index (χ3n) is 4.07. The predicted molar refractivity (Wildman–Crippen MR) is 88.7 cm³/mol. The van der Waals surface area contributed by atoms with Gasteiger partial charge in [0.25, 0.3) is 0 Å². The van der Waals surface area contributed by atoms with Gasteiger partial charge in [0.15, 0.2) is 0 Å². The molecule has 0 saturated heterocycles. The van der Waals surface area contributed by atoms with E-state index >= 15 is 0 Å². The first-order valence-corrected chi connectivity index (χ1v) is 7.57. The highest BCUT2D eigenvalue weighted by molar-refractivity contribution is 14.1. The Morgan fingerprint density at radius 3 is 2.85 bits per heavy atom. The van der Waals surface area contributed by atoms with E-state index in [1.807, 2.05) is 24.1 Å². The van der Waals surface area contributed by atoms with Gasteiger partial charge in [0.2, 0.25) is 0 Å². The molecule has 3 aromatic rings. The highest BCUT2D eigenvalue weighted by Gasteiger charge is 2.21. The molecule has 1 aromatic carbocycles. The lowest BCUT2D eigenvalue weighted by Gasteiger charge is -2.08. The minimum absolute atomic E-state index is 0.837. The minimum Gasteiger partial charge on any atom is -0.365 e. The first kappa shape index (κ1) is 12.1. The van der Waals surface area contributed by atoms with Crippen molar-refractivity contribution < 1.29 is 0 Å². The zero-order valence-corrected chi connectivity index (χ0v) is 13.4. The molecule has 0 aliphatic carbocycles. The van der Waals surface area contributed by atoms with Gasteiger partial charge in [-0.2, -0.15) is 5.10 Å². The number of nitrogens with zero attached hydrogens (tertiary/aromatic N) is 3. The van der Waals surface area contributed by atoms with Crippen molar-refractivity contribution in [3.63, 3.8) is 0 Å². The van der Waals surface area contributed by atoms with Crippen molar-refractivity contribution in [1.82, 2.24) is 14.8 Å². The maximum absolute atomic E-state index is 4.50. The maximum Gasteiger partial charge on any atom is 0.134 e. The first-order valence-electron chi connectivity index (χ1n) is 6.49. The lowest BCUT2D eigenvalue weighted by atomic mass is 9.96. The average molecular weight is 376 g/mol. The van der Waals surface area contributed by atoms with Gasteiger partial charge in [0.1, 0.15) is 5.82 Å². The maximum atomic E-state index is 4.50. The second kappa shape index (κ2) is 4.18. The number of anilines is 1. The molecule has 4 nitrogen and oxygen atoms in total. The van der Waals surface area contributed by atoms with Crippen molar-refractivity contribution >= 4 is 39.2 Å². The second-order valence-corrected chi connectivity index (χ2v) is 6.25. The summed E-state index contributed by atoms with van der Waals surface area (Å²) in [5, 5.41) is 10.3. The Bertz CT molecular complexity index is 851. The van der Waals surface area contributed by atoms with Gasteiger partial charge >= 0.3 is 0 Å². The van der Waals surface area contributed by atoms with Gasteiger partial charge < -0.3 is 5.32 Å². The molecule has 0 unspecified atom stereocenters. The highest BCUT2D eigenvalue weighted by atomic mass is 127. The molecule has 0 spiro atoms. The number of halogens is 1. The van der Waals surface area contributed by atoms with Crippen LogP contribution >= 0.6 is 22.6 Å². The number of hydrogen-bond donors (Lipinski definition) is 1. The molecule has 20 heavy (non-hydrogen) atoms. The van der Waals surface area contributed by atoms with E-state index in [1.165, 1.54) is 36.7 Å². The van der Waals surface area contributed by atoms with Crippen LogP contribution < -0.4 is 5.32 Å². The van der Waals surface area contributed by atoms with Crippen LogP contribution in [0, 0.1) is 10.5 Å². The molecule has 0 bridgehead atoms. The van der Waals surface area contributed by atoms with Gasteiger partial charge in [-0.3, -0.25) is 4.68 Å². The van der Waals surface area contributed by atoms with Crippen LogP contribution in [0.2, 0.25) is 0 Å². The fourth-order valence-electron chi connectivity index (χ4n) is 2.88. The summed E-state index contributed by atoms with van der Waals surface area (Å²) in [5.74, 6) is 0.999. The number of pyridine rings is 1. The van der Waals surface area contributed by atoms with E-state index in [0.717, 1.165) is 12.4 Å². The summed E-state index contributed by atoms with van der Waals surface area (Å²) < 4.78 is 3.11. The molecule has 0 fully saturated rings. The van der Waals surface area contributed by atoms with Crippen molar-refractivity contribution in [1.29, 1.82) is 0 Å². The van der Waals surface area contributed by atoms with Gasteiger partial charge in [-0.1, -0.05) is 12.1 Å². The Kier molecular flexibility index (Phi) is 2.54. The van der Waals surface area contributed by atoms with Crippen LogP contribution in [-0.4, -0.2) is 14.8 Å². The summed E-state index contributed by atoms with van der Waals surface area (Å²) in [6.07, 6.45) is 3.88. The molecule has 0 radical (unpaired) electrons. The molecule has 1 N–H and O–H groups in total. The Balaban J connectivity index is 2.08. The van der Waals surface area contributed by atoms with E-state index in [-0.39, 0.29) is 0 Å². The number of rotatable bonds is 1. The second-order valence-electron chi connectivity index (χ2n) is 5.09. The first-order chi connectivity index (χ1) is 9.66. The number of aryl methyl sites for hydroxylation is 1. The Morgan fingerprint density at radius 1 is 1.25 bits per heavy atom. The molecule has 0 amide bonds. The van der Waals surface area contributed by atoms with Crippen LogP contribution in [0.25, 0.3) is 21.9 Å². The lowest BCUT2D eigenvalue weighted by Crippen LogP contribution is -1.95. The van der Waals surface area contributed by atoms with Crippen LogP contribution in [0.4, 0.5) is 5.82 Å². The van der Waals surface area contributed by atoms with E-state index in [1.54, 1.807) is 0 Å². The van der Waals surface area contributed by atoms with Crippen LogP contribution in [-0.2, 0) is 13.6 Å². The summed E-state index contributed by atoms with van der Waals surface area (Å²) in [5.41, 5.74) is 4.99. The van der Waals surface area contributed by atoms with Gasteiger partial charge in [-0.15, -0.1) is 0 Å². The number of aromatic nitrogens is 3. The monoisotopic (exact) mass is 376 g/mol. The molecule has 1 aliphatic heterocycles. The van der Waals surface area contributed by atoms with Crippen LogP contribution in [0.3, 0.4) is 0 Å². The molecule has 0 saturated carbocycles. The van der Waals surface area contributed by atoms with E-state index in [4.69, 9.17) is 0 Å². The van der Waals surface area contributed by atoms with Crippen molar-refractivity contribution in [3.05, 3.63) is 39.4 Å². The Hall–Kier alpha value is -1.63. The van der Waals surface area contributed by atoms with Crippen molar-refractivity contribution in [2.45, 2.75) is 13.5 Å². The highest BCUT2D eigenvalue weighted by Crippen LogP contribution is 2.39. The van der Waals surface area contributed by atoms with Crippen molar-refractivity contribution in [2.75, 3.05) is 5.32 Å². The molecule has 3 heterocycles. The zero-order chi connectivity index (χ0) is 13.9. The summed E-state index contributed by atoms with van der Waals surface area (Å²) in [4.78, 5) is 4.50. The standard InChI is InChI=1S/C15H13IN4/c1-8-11(6-19-20(8)2)9-3-4-10-13(16)7-18-15-14(10)12(9)5-17-15/h3-4,6-7H,5H2,1-2H3,(H,17,18). The molecular weight excluding hydrogens is 363 g/mol. The number of nitrogens with one attached hydrogen (secondary N) is 1. The largest absolute Gasteiger partial charge is 0.365 e. The topological polar surface area (TPSA) is 42.7 Å². The number of hydrogen-bond acceptors (Lipinski definition) is 3. The van der Waals surface area contributed by atoms with E-state index in [0.29, 0.717) is 0 Å². The fourth-order valence-corrected chi connectivity index (χ4v) is 3.47. The molecule has 2 aromatic heterocycles. The molecule has 5 heteroatoms. The van der Waals surface area contributed by atoms with Gasteiger partial charge in [0, 0.05) is 45.4 Å². The van der Waals surface area contributed by atoms with Crippen LogP contribution in [0.1, 0.15) is 11.3 Å². The van der Waals surface area contributed by atoms with Crippen molar-refractivity contribution in [2.24, 2.45) is 7.05 Å². The third kappa shape index (κ3) is 1.52. The smallest absolute Gasteiger partial charge is 0.134 e. The molecular formula is C15H13IN4. The molecule has 1 aliphatic rings. The normalized spacial score (nSPS) is 12.9. The third-order valence-corrected chi connectivity index (χ3v) is 4.93. The summed E-state index contributed by atoms with van der Waals surface area (Å²) >= 11 is 2.35. The summed E-state index contributed by atoms with van der Waals surface area (Å²) in [7, 11) is 1.98. The van der Waals surface area contributed by atoms with Crippen molar-refractivity contribution in [3.8, 4) is 11.1 Å². The predicted octanol–water partition coefficient (Wildman–Crippen LogP) is 3.47. The minimum atomic E-state index is 0.837. The molecule has 100 valence electrons. The number of benzene rings is 1. The molecule has 4 rings (SSSR count). The van der Waals surface area contributed by atoms with E-state index < -0.39 is 0 Å². The lowest BCUT2D eigenvalue weighted by molar-refractivity contribution is 0.740. The Morgan fingerprint density at radius 2 is 2.10 bits per heavy atom. The van der Waals surface area contributed by atoms with E-state index in [9.17, 15) is 0 Å². The van der Waals surface area contributed by atoms with E-state index in [2.05, 4.69) is 57.0 Å². The zero-order valence-electron chi connectivity index (χ0n) is 11.2. The quantitative estimate of drug-likeness (QED) is 0.662. The van der Waals surface area contributed by atoms with Crippen LogP contribution in [0.5, 0.6) is 0 Å². The molecule has 0 atom stereocenters.